The van der Waals surface area contributed by atoms with Crippen LogP contribution in [0.4, 0.5) is 8.78 Å². The maximum Gasteiger partial charge on any atom is 0.387 e. The highest BCUT2D eigenvalue weighted by Crippen LogP contribution is 2.33. The Morgan fingerprint density at radius 2 is 2.17 bits per heavy atom. The highest BCUT2D eigenvalue weighted by molar-refractivity contribution is 5.92. The summed E-state index contributed by atoms with van der Waals surface area (Å²) in [7, 11) is 1.38. The number of hydrogen-bond donors (Lipinski definition) is 0. The number of alkyl halides is 2. The Labute approximate surface area is 141 Å². The molecule has 1 aromatic carbocycles. The second-order valence-corrected chi connectivity index (χ2v) is 5.82. The van der Waals surface area contributed by atoms with E-state index < -0.39 is 6.61 Å². The summed E-state index contributed by atoms with van der Waals surface area (Å²) in [6.45, 7) is 0.511. The first-order chi connectivity index (χ1) is 11.5. The molecule has 0 radical (unpaired) electrons. The Morgan fingerprint density at radius 1 is 1.42 bits per heavy atom. The van der Waals surface area contributed by atoms with Crippen molar-refractivity contribution in [1.82, 2.24) is 4.90 Å². The monoisotopic (exact) mass is 339 g/mol. The van der Waals surface area contributed by atoms with E-state index >= 15 is 0 Å². The highest BCUT2D eigenvalue weighted by Gasteiger charge is 2.25. The molecule has 1 saturated carbocycles. The van der Waals surface area contributed by atoms with Crippen LogP contribution in [0.15, 0.2) is 24.3 Å². The molecule has 0 unspecified atom stereocenters. The summed E-state index contributed by atoms with van der Waals surface area (Å²) >= 11 is 0. The van der Waals surface area contributed by atoms with Crippen LogP contribution >= 0.6 is 0 Å². The van der Waals surface area contributed by atoms with Crippen LogP contribution in [0.25, 0.3) is 6.08 Å². The number of carbonyl (C=O) groups excluding carboxylic acids is 1. The quantitative estimate of drug-likeness (QED) is 0.639. The van der Waals surface area contributed by atoms with Crippen molar-refractivity contribution in [2.75, 3.05) is 20.2 Å². The number of rotatable bonds is 9. The zero-order valence-corrected chi connectivity index (χ0v) is 14.0. The first kappa shape index (κ1) is 18.2. The second-order valence-electron chi connectivity index (χ2n) is 5.82. The fraction of sp³-hybridized carbons (Fsp3) is 0.500. The lowest BCUT2D eigenvalue weighted by Gasteiger charge is -2.20. The van der Waals surface area contributed by atoms with E-state index in [-0.39, 0.29) is 17.4 Å². The smallest absolute Gasteiger partial charge is 0.387 e. The average Bonchev–Trinajstić information content (AvgIpc) is 3.36. The molecule has 1 aliphatic rings. The molecule has 6 heteroatoms. The van der Waals surface area contributed by atoms with Gasteiger partial charge >= 0.3 is 6.61 Å². The minimum absolute atomic E-state index is 0.0664. The SMILES string of the molecule is CCCN(CC1CC1)C(=O)/C=C\c1cccc(OC)c1OC(F)F. The molecule has 24 heavy (non-hydrogen) atoms. The lowest BCUT2D eigenvalue weighted by atomic mass is 10.1. The van der Waals surface area contributed by atoms with Gasteiger partial charge in [0.15, 0.2) is 11.5 Å². The topological polar surface area (TPSA) is 38.8 Å². The lowest BCUT2D eigenvalue weighted by Crippen LogP contribution is -2.32. The number of ether oxygens (including phenoxy) is 2. The molecule has 1 amide bonds. The number of halogens is 2. The molecule has 0 N–H and O–H groups in total. The van der Waals surface area contributed by atoms with Crippen molar-refractivity contribution in [3.05, 3.63) is 29.8 Å². The number of carbonyl (C=O) groups is 1. The summed E-state index contributed by atoms with van der Waals surface area (Å²) in [5, 5.41) is 0. The van der Waals surface area contributed by atoms with E-state index in [9.17, 15) is 13.6 Å². The zero-order chi connectivity index (χ0) is 17.5. The molecule has 1 aromatic rings. The standard InChI is InChI=1S/C18H23F2NO3/c1-3-11-21(12-13-7-8-13)16(22)10-9-14-5-4-6-15(23-2)17(14)24-18(19)20/h4-6,9-10,13,18H,3,7-8,11-12H2,1-2H3/b10-9-. The second kappa shape index (κ2) is 8.66. The van der Waals surface area contributed by atoms with Crippen LogP contribution in [0.1, 0.15) is 31.7 Å². The minimum Gasteiger partial charge on any atom is -0.493 e. The van der Waals surface area contributed by atoms with Gasteiger partial charge in [-0.1, -0.05) is 19.1 Å². The molecule has 2 rings (SSSR count). The Hall–Kier alpha value is -2.11. The first-order valence-electron chi connectivity index (χ1n) is 8.14. The van der Waals surface area contributed by atoms with Gasteiger partial charge in [-0.2, -0.15) is 8.78 Å². The molecule has 1 fully saturated rings. The third kappa shape index (κ3) is 5.22. The highest BCUT2D eigenvalue weighted by atomic mass is 19.3. The summed E-state index contributed by atoms with van der Waals surface area (Å²) in [5.74, 6) is 0.620. The van der Waals surface area contributed by atoms with E-state index in [0.717, 1.165) is 13.0 Å². The summed E-state index contributed by atoms with van der Waals surface area (Å²) in [5.41, 5.74) is 0.380. The number of benzene rings is 1. The van der Waals surface area contributed by atoms with E-state index in [2.05, 4.69) is 4.74 Å². The summed E-state index contributed by atoms with van der Waals surface area (Å²) in [4.78, 5) is 14.2. The van der Waals surface area contributed by atoms with Crippen molar-refractivity contribution in [3.63, 3.8) is 0 Å². The molecule has 0 saturated heterocycles. The molecule has 0 bridgehead atoms. The van der Waals surface area contributed by atoms with Gasteiger partial charge in [0.2, 0.25) is 5.91 Å². The molecule has 4 nitrogen and oxygen atoms in total. The third-order valence-electron chi connectivity index (χ3n) is 3.82. The van der Waals surface area contributed by atoms with E-state index in [1.54, 1.807) is 12.1 Å². The van der Waals surface area contributed by atoms with Crippen molar-refractivity contribution in [3.8, 4) is 11.5 Å². The third-order valence-corrected chi connectivity index (χ3v) is 3.82. The van der Waals surface area contributed by atoms with Crippen molar-refractivity contribution < 1.29 is 23.0 Å². The van der Waals surface area contributed by atoms with Crippen LogP contribution in [0.3, 0.4) is 0 Å². The van der Waals surface area contributed by atoms with Gasteiger partial charge in [0.25, 0.3) is 0 Å². The Bertz CT molecular complexity index is 586. The van der Waals surface area contributed by atoms with Crippen molar-refractivity contribution in [2.24, 2.45) is 5.92 Å². The normalized spacial score (nSPS) is 14.2. The van der Waals surface area contributed by atoms with E-state index in [1.807, 2.05) is 11.8 Å². The van der Waals surface area contributed by atoms with Crippen molar-refractivity contribution >= 4 is 12.0 Å². The number of para-hydroxylation sites is 1. The molecular formula is C18H23F2NO3. The van der Waals surface area contributed by atoms with E-state index in [4.69, 9.17) is 4.74 Å². The Balaban J connectivity index is 2.15. The average molecular weight is 339 g/mol. The number of nitrogens with zero attached hydrogens (tertiary/aromatic N) is 1. The van der Waals surface area contributed by atoms with Crippen LogP contribution in [0, 0.1) is 5.92 Å². The molecule has 132 valence electrons. The zero-order valence-electron chi connectivity index (χ0n) is 14.0. The predicted octanol–water partition coefficient (Wildman–Crippen LogP) is 3.96. The molecule has 0 heterocycles. The van der Waals surface area contributed by atoms with Gasteiger partial charge in [-0.25, -0.2) is 0 Å². The number of hydrogen-bond acceptors (Lipinski definition) is 3. The molecule has 1 aliphatic carbocycles. The lowest BCUT2D eigenvalue weighted by molar-refractivity contribution is -0.126. The van der Waals surface area contributed by atoms with Gasteiger partial charge in [0.05, 0.1) is 7.11 Å². The van der Waals surface area contributed by atoms with Crippen LogP contribution in [-0.4, -0.2) is 37.6 Å². The predicted molar refractivity (Wildman–Crippen MR) is 88.3 cm³/mol. The van der Waals surface area contributed by atoms with Gasteiger partial charge in [0.1, 0.15) is 0 Å². The Kier molecular flexibility index (Phi) is 6.58. The van der Waals surface area contributed by atoms with E-state index in [1.165, 1.54) is 38.2 Å². The van der Waals surface area contributed by atoms with E-state index in [0.29, 0.717) is 18.0 Å². The first-order valence-corrected chi connectivity index (χ1v) is 8.14. The summed E-state index contributed by atoms with van der Waals surface area (Å²) in [6.07, 6.45) is 6.12. The molecular weight excluding hydrogens is 316 g/mol. The molecule has 0 spiro atoms. The molecule has 0 aliphatic heterocycles. The summed E-state index contributed by atoms with van der Waals surface area (Å²) < 4.78 is 34.8. The van der Waals surface area contributed by atoms with Gasteiger partial charge in [-0.05, 0) is 37.3 Å². The number of amides is 1. The maximum atomic E-state index is 12.6. The molecule has 0 aromatic heterocycles. The van der Waals surface area contributed by atoms with Gasteiger partial charge in [0, 0.05) is 24.7 Å². The fourth-order valence-electron chi connectivity index (χ4n) is 2.48. The number of methoxy groups -OCH3 is 1. The summed E-state index contributed by atoms with van der Waals surface area (Å²) in [6, 6.07) is 4.80. The van der Waals surface area contributed by atoms with Crippen LogP contribution < -0.4 is 9.47 Å². The van der Waals surface area contributed by atoms with Crippen molar-refractivity contribution in [1.29, 1.82) is 0 Å². The Morgan fingerprint density at radius 3 is 2.75 bits per heavy atom. The minimum atomic E-state index is -2.96. The molecule has 0 atom stereocenters. The van der Waals surface area contributed by atoms with Crippen LogP contribution in [0.2, 0.25) is 0 Å². The van der Waals surface area contributed by atoms with Gasteiger partial charge < -0.3 is 14.4 Å². The largest absolute Gasteiger partial charge is 0.493 e. The van der Waals surface area contributed by atoms with Gasteiger partial charge in [-0.15, -0.1) is 0 Å². The fourth-order valence-corrected chi connectivity index (χ4v) is 2.48. The van der Waals surface area contributed by atoms with Crippen molar-refractivity contribution in [2.45, 2.75) is 32.8 Å². The van der Waals surface area contributed by atoms with Gasteiger partial charge in [-0.3, -0.25) is 4.79 Å². The van der Waals surface area contributed by atoms with Crippen LogP contribution in [0.5, 0.6) is 11.5 Å². The maximum absolute atomic E-state index is 12.6. The van der Waals surface area contributed by atoms with Crippen LogP contribution in [-0.2, 0) is 4.79 Å².